The Balaban J connectivity index is 2.57. The van der Waals surface area contributed by atoms with E-state index in [1.54, 1.807) is 6.92 Å². The summed E-state index contributed by atoms with van der Waals surface area (Å²) in [7, 11) is -2.82. The summed E-state index contributed by atoms with van der Waals surface area (Å²) in [6.07, 6.45) is 7.18. The van der Waals surface area contributed by atoms with Gasteiger partial charge >= 0.3 is 0 Å². The molecular weight excluding hydrogens is 270 g/mol. The van der Waals surface area contributed by atoms with Crippen molar-refractivity contribution in [1.82, 2.24) is 5.32 Å². The second-order valence-corrected chi connectivity index (χ2v) is 9.79. The van der Waals surface area contributed by atoms with Crippen molar-refractivity contribution in [3.05, 3.63) is 0 Å². The van der Waals surface area contributed by atoms with Crippen LogP contribution in [0.25, 0.3) is 0 Å². The van der Waals surface area contributed by atoms with Crippen LogP contribution in [0.4, 0.5) is 0 Å². The zero-order valence-electron chi connectivity index (χ0n) is 13.7. The fourth-order valence-electron chi connectivity index (χ4n) is 3.02. The fourth-order valence-corrected chi connectivity index (χ4v) is 3.97. The molecule has 1 N–H and O–H groups in total. The maximum absolute atomic E-state index is 11.7. The quantitative estimate of drug-likeness (QED) is 0.765. The van der Waals surface area contributed by atoms with Crippen LogP contribution in [0.5, 0.6) is 0 Å². The molecule has 0 aromatic carbocycles. The second-order valence-electron chi connectivity index (χ2n) is 7.31. The Morgan fingerprint density at radius 1 is 1.05 bits per heavy atom. The molecule has 0 aromatic rings. The minimum Gasteiger partial charge on any atom is -0.312 e. The average molecular weight is 304 g/mol. The molecule has 0 saturated heterocycles. The van der Waals surface area contributed by atoms with Crippen LogP contribution in [-0.4, -0.2) is 32.0 Å². The van der Waals surface area contributed by atoms with Crippen LogP contribution in [0.1, 0.15) is 66.2 Å². The van der Waals surface area contributed by atoms with E-state index in [0.717, 1.165) is 13.0 Å². The van der Waals surface area contributed by atoms with Gasteiger partial charge in [-0.3, -0.25) is 0 Å². The predicted molar refractivity (Wildman–Crippen MR) is 86.8 cm³/mol. The molecule has 1 fully saturated rings. The van der Waals surface area contributed by atoms with Crippen molar-refractivity contribution < 1.29 is 8.42 Å². The summed E-state index contributed by atoms with van der Waals surface area (Å²) < 4.78 is 23.5. The smallest absolute Gasteiger partial charge is 0.150 e. The topological polar surface area (TPSA) is 46.2 Å². The van der Waals surface area contributed by atoms with E-state index in [0.29, 0.717) is 17.6 Å². The van der Waals surface area contributed by atoms with E-state index in [4.69, 9.17) is 0 Å². The molecule has 4 heteroatoms. The van der Waals surface area contributed by atoms with Crippen molar-refractivity contribution in [2.75, 3.05) is 18.1 Å². The van der Waals surface area contributed by atoms with Gasteiger partial charge in [-0.1, -0.05) is 32.6 Å². The van der Waals surface area contributed by atoms with Gasteiger partial charge in [0.1, 0.15) is 9.84 Å². The van der Waals surface area contributed by atoms with E-state index in [-0.39, 0.29) is 11.3 Å². The Kier molecular flexibility index (Phi) is 6.99. The first-order chi connectivity index (χ1) is 9.23. The SMILES string of the molecule is CCS(=O)(=O)CCC1CCCCCC1CNC(C)(C)C. The summed E-state index contributed by atoms with van der Waals surface area (Å²) >= 11 is 0. The Hall–Kier alpha value is -0.0900. The highest BCUT2D eigenvalue weighted by atomic mass is 32.2. The Bertz CT molecular complexity index is 370. The van der Waals surface area contributed by atoms with Gasteiger partial charge in [-0.05, 0) is 52.0 Å². The van der Waals surface area contributed by atoms with Crippen LogP contribution in [0.3, 0.4) is 0 Å². The monoisotopic (exact) mass is 303 g/mol. The third kappa shape index (κ3) is 7.07. The lowest BCUT2D eigenvalue weighted by Gasteiger charge is -2.29. The number of rotatable bonds is 6. The van der Waals surface area contributed by atoms with E-state index in [9.17, 15) is 8.42 Å². The number of sulfone groups is 1. The molecule has 20 heavy (non-hydrogen) atoms. The summed E-state index contributed by atoms with van der Waals surface area (Å²) in [5.41, 5.74) is 0.145. The number of hydrogen-bond donors (Lipinski definition) is 1. The third-order valence-electron chi connectivity index (χ3n) is 4.45. The lowest BCUT2D eigenvalue weighted by molar-refractivity contribution is 0.266. The summed E-state index contributed by atoms with van der Waals surface area (Å²) in [5, 5.41) is 3.61. The highest BCUT2D eigenvalue weighted by Gasteiger charge is 2.26. The van der Waals surface area contributed by atoms with Crippen LogP contribution in [0.2, 0.25) is 0 Å². The van der Waals surface area contributed by atoms with Gasteiger partial charge in [0.05, 0.1) is 5.75 Å². The van der Waals surface area contributed by atoms with Gasteiger partial charge in [0.15, 0.2) is 0 Å². The van der Waals surface area contributed by atoms with E-state index in [1.807, 2.05) is 0 Å². The van der Waals surface area contributed by atoms with Gasteiger partial charge in [0.25, 0.3) is 0 Å². The molecule has 1 rings (SSSR count). The highest BCUT2D eigenvalue weighted by molar-refractivity contribution is 7.91. The van der Waals surface area contributed by atoms with E-state index in [2.05, 4.69) is 26.1 Å². The number of hydrogen-bond acceptors (Lipinski definition) is 3. The third-order valence-corrected chi connectivity index (χ3v) is 6.19. The molecule has 0 bridgehead atoms. The Morgan fingerprint density at radius 2 is 1.65 bits per heavy atom. The molecular formula is C16H33NO2S. The molecule has 0 aromatic heterocycles. The van der Waals surface area contributed by atoms with Crippen molar-refractivity contribution >= 4 is 9.84 Å². The minimum absolute atomic E-state index is 0.145. The van der Waals surface area contributed by atoms with Gasteiger partial charge < -0.3 is 5.32 Å². The first-order valence-corrected chi connectivity index (χ1v) is 10.0. The lowest BCUT2D eigenvalue weighted by Crippen LogP contribution is -2.40. The molecule has 2 atom stereocenters. The standard InChI is InChI=1S/C16H33NO2S/c1-5-20(18,19)12-11-14-9-7-6-8-10-15(14)13-17-16(2,3)4/h14-15,17H,5-13H2,1-4H3. The summed E-state index contributed by atoms with van der Waals surface area (Å²) in [6, 6.07) is 0. The Morgan fingerprint density at radius 3 is 2.20 bits per heavy atom. The molecule has 3 nitrogen and oxygen atoms in total. The molecule has 0 radical (unpaired) electrons. The van der Waals surface area contributed by atoms with Crippen LogP contribution in [0.15, 0.2) is 0 Å². The summed E-state index contributed by atoms with van der Waals surface area (Å²) in [5.74, 6) is 1.88. The molecule has 0 heterocycles. The van der Waals surface area contributed by atoms with Gasteiger partial charge in [-0.25, -0.2) is 8.42 Å². The van der Waals surface area contributed by atoms with Gasteiger partial charge in [0, 0.05) is 11.3 Å². The van der Waals surface area contributed by atoms with Crippen molar-refractivity contribution in [2.24, 2.45) is 11.8 Å². The first kappa shape index (κ1) is 18.0. The Labute approximate surface area is 125 Å². The predicted octanol–water partition coefficient (Wildman–Crippen LogP) is 3.40. The maximum Gasteiger partial charge on any atom is 0.150 e. The van der Waals surface area contributed by atoms with Crippen LogP contribution >= 0.6 is 0 Å². The normalized spacial score (nSPS) is 25.4. The number of nitrogens with one attached hydrogen (secondary N) is 1. The lowest BCUT2D eigenvalue weighted by atomic mass is 9.85. The zero-order chi connectivity index (χ0) is 15.2. The van der Waals surface area contributed by atoms with Crippen LogP contribution in [-0.2, 0) is 9.84 Å². The van der Waals surface area contributed by atoms with E-state index in [1.165, 1.54) is 32.1 Å². The molecule has 1 aliphatic rings. The first-order valence-electron chi connectivity index (χ1n) is 8.19. The molecule has 0 amide bonds. The molecule has 0 aliphatic heterocycles. The highest BCUT2D eigenvalue weighted by Crippen LogP contribution is 2.31. The molecule has 120 valence electrons. The van der Waals surface area contributed by atoms with E-state index < -0.39 is 9.84 Å². The molecule has 1 saturated carbocycles. The van der Waals surface area contributed by atoms with E-state index >= 15 is 0 Å². The van der Waals surface area contributed by atoms with Gasteiger partial charge in [-0.15, -0.1) is 0 Å². The average Bonchev–Trinajstić information content (AvgIpc) is 2.58. The summed E-state index contributed by atoms with van der Waals surface area (Å²) in [4.78, 5) is 0. The molecule has 2 unspecified atom stereocenters. The van der Waals surface area contributed by atoms with Crippen molar-refractivity contribution in [2.45, 2.75) is 71.8 Å². The minimum atomic E-state index is -2.82. The summed E-state index contributed by atoms with van der Waals surface area (Å²) in [6.45, 7) is 9.36. The molecule has 1 aliphatic carbocycles. The van der Waals surface area contributed by atoms with Crippen LogP contribution in [0, 0.1) is 11.8 Å². The second kappa shape index (κ2) is 7.79. The largest absolute Gasteiger partial charge is 0.312 e. The molecule has 0 spiro atoms. The van der Waals surface area contributed by atoms with Crippen molar-refractivity contribution in [3.63, 3.8) is 0 Å². The van der Waals surface area contributed by atoms with Crippen molar-refractivity contribution in [3.8, 4) is 0 Å². The van der Waals surface area contributed by atoms with Gasteiger partial charge in [0.2, 0.25) is 0 Å². The van der Waals surface area contributed by atoms with Crippen molar-refractivity contribution in [1.29, 1.82) is 0 Å². The zero-order valence-corrected chi connectivity index (χ0v) is 14.6. The van der Waals surface area contributed by atoms with Gasteiger partial charge in [-0.2, -0.15) is 0 Å². The van der Waals surface area contributed by atoms with Crippen LogP contribution < -0.4 is 5.32 Å². The fraction of sp³-hybridized carbons (Fsp3) is 1.00. The maximum atomic E-state index is 11.7.